The lowest BCUT2D eigenvalue weighted by molar-refractivity contribution is -0.137. The number of phenolic OH excluding ortho intramolecular Hbond substituents is 1. The summed E-state index contributed by atoms with van der Waals surface area (Å²) in [6, 6.07) is 13.7. The molecule has 2 aromatic carbocycles. The van der Waals surface area contributed by atoms with Crippen LogP contribution in [0.3, 0.4) is 0 Å². The van der Waals surface area contributed by atoms with E-state index >= 15 is 0 Å². The van der Waals surface area contributed by atoms with Crippen LogP contribution >= 0.6 is 0 Å². The summed E-state index contributed by atoms with van der Waals surface area (Å²) in [6.45, 7) is 3.39. The van der Waals surface area contributed by atoms with Gasteiger partial charge >= 0.3 is 13.2 Å². The van der Waals surface area contributed by atoms with E-state index in [9.17, 15) is 29.6 Å². The molecule has 41 heavy (non-hydrogen) atoms. The summed E-state index contributed by atoms with van der Waals surface area (Å²) in [7, 11) is -0.0605. The molecule has 0 aromatic heterocycles. The van der Waals surface area contributed by atoms with E-state index in [2.05, 4.69) is 10.8 Å². The van der Waals surface area contributed by atoms with Crippen LogP contribution in [0, 0.1) is 31.6 Å². The Morgan fingerprint density at radius 1 is 1.12 bits per heavy atom. The molecule has 2 aliphatic heterocycles. The fourth-order valence-electron chi connectivity index (χ4n) is 6.69. The van der Waals surface area contributed by atoms with Crippen molar-refractivity contribution in [3.8, 4) is 5.75 Å². The first-order valence-corrected chi connectivity index (χ1v) is 13.8. The lowest BCUT2D eigenvalue weighted by Gasteiger charge is -2.42. The number of carbonyl (C=O) groups excluding carboxylic acids is 3. The number of rotatable bonds is 6. The maximum absolute atomic E-state index is 13.3. The van der Waals surface area contributed by atoms with Gasteiger partial charge in [0.25, 0.3) is 0 Å². The Morgan fingerprint density at radius 2 is 1.80 bits per heavy atom. The van der Waals surface area contributed by atoms with Crippen molar-refractivity contribution in [1.82, 2.24) is 4.90 Å². The van der Waals surface area contributed by atoms with Crippen LogP contribution in [0.2, 0.25) is 6.32 Å². The molecule has 214 valence electrons. The smallest absolute Gasteiger partial charge is 0.455 e. The maximum atomic E-state index is 13.3. The summed E-state index contributed by atoms with van der Waals surface area (Å²) < 4.78 is 10.7. The Bertz CT molecular complexity index is 1410. The average molecular weight is 559 g/mol. The van der Waals surface area contributed by atoms with Crippen LogP contribution in [-0.2, 0) is 19.0 Å². The van der Waals surface area contributed by atoms with Gasteiger partial charge in [-0.05, 0) is 96.5 Å². The fourth-order valence-corrected chi connectivity index (χ4v) is 6.69. The van der Waals surface area contributed by atoms with Gasteiger partial charge in [-0.3, -0.25) is 9.59 Å². The molecule has 1 aliphatic carbocycles. The molecule has 5 rings (SSSR count). The van der Waals surface area contributed by atoms with Gasteiger partial charge in [0.15, 0.2) is 0 Å². The zero-order valence-electron chi connectivity index (χ0n) is 23.4. The lowest BCUT2D eigenvalue weighted by Crippen LogP contribution is -2.46. The first-order chi connectivity index (χ1) is 19.6. The second-order valence-electron chi connectivity index (χ2n) is 11.0. The molecule has 9 nitrogen and oxygen atoms in total. The molecule has 3 N–H and O–H groups in total. The van der Waals surface area contributed by atoms with Crippen molar-refractivity contribution in [3.05, 3.63) is 75.9 Å². The molecule has 0 spiro atoms. The van der Waals surface area contributed by atoms with Crippen molar-refractivity contribution in [2.45, 2.75) is 45.5 Å². The number of ether oxygens (including phenoxy) is 1. The highest BCUT2D eigenvalue weighted by Crippen LogP contribution is 2.50. The monoisotopic (exact) mass is 559 g/mol. The Balaban J connectivity index is 1.48. The Kier molecular flexibility index (Phi) is 8.17. The van der Waals surface area contributed by atoms with E-state index in [0.29, 0.717) is 23.3 Å². The van der Waals surface area contributed by atoms with E-state index < -0.39 is 48.9 Å². The number of hydrogen-bond donors (Lipinski definition) is 3. The zero-order valence-corrected chi connectivity index (χ0v) is 23.4. The zero-order chi connectivity index (χ0) is 29.4. The minimum Gasteiger partial charge on any atom is -0.507 e. The van der Waals surface area contributed by atoms with E-state index in [4.69, 9.17) is 4.65 Å². The number of benzene rings is 2. The molecule has 0 radical (unpaired) electrons. The van der Waals surface area contributed by atoms with E-state index in [1.54, 1.807) is 0 Å². The maximum Gasteiger partial charge on any atom is 0.455 e. The molecule has 3 amide bonds. The predicted octanol–water partition coefficient (Wildman–Crippen LogP) is 3.89. The minimum absolute atomic E-state index is 0.0813. The van der Waals surface area contributed by atoms with Gasteiger partial charge in [-0.25, -0.2) is 4.79 Å². The highest BCUT2D eigenvalue weighted by Gasteiger charge is 2.59. The first-order valence-electron chi connectivity index (χ1n) is 13.8. The Labute approximate surface area is 239 Å². The third-order valence-electron chi connectivity index (χ3n) is 8.53. The molecule has 10 heteroatoms. The fraction of sp³-hybridized carbons (Fsp3) is 0.387. The summed E-state index contributed by atoms with van der Waals surface area (Å²) in [5.41, 5.74) is 5.85. The number of nitrogens with zero attached hydrogens (tertiary/aromatic N) is 1. The van der Waals surface area contributed by atoms with E-state index in [-0.39, 0.29) is 25.1 Å². The van der Waals surface area contributed by atoms with Crippen LogP contribution in [0.15, 0.2) is 53.6 Å². The summed E-state index contributed by atoms with van der Waals surface area (Å²) >= 11 is 0. The van der Waals surface area contributed by atoms with Crippen molar-refractivity contribution >= 4 is 36.7 Å². The van der Waals surface area contributed by atoms with Gasteiger partial charge in [0.1, 0.15) is 5.75 Å². The topological polar surface area (TPSA) is 134 Å². The largest absolute Gasteiger partial charge is 0.507 e. The van der Waals surface area contributed by atoms with Crippen LogP contribution in [0.5, 0.6) is 5.75 Å². The number of amides is 3. The van der Waals surface area contributed by atoms with Crippen LogP contribution in [0.25, 0.3) is 11.6 Å². The number of phenols is 1. The number of aliphatic hydroxyl groups is 1. The second-order valence-corrected chi connectivity index (χ2v) is 11.0. The minimum atomic E-state index is -1.17. The standard InChI is InChI=1S/C31H34BNO8/c1-17-11-19(12-18(2)28(17)35)13-21(20-7-5-4-6-8-20)9-10-25-26-22(16-34)14-23-27(24(26)15-32(39)41-25)30(37)33(29(23)36)31(38)40-3/h4-8,11-13,23-25,27,34-35,39H,9-10,14-16H2,1-3H3/b21-13-/t23-,24+,25-,27-/m1/s1. The highest BCUT2D eigenvalue weighted by molar-refractivity contribution is 6.43. The van der Waals surface area contributed by atoms with Crippen molar-refractivity contribution in [1.29, 1.82) is 0 Å². The summed E-state index contributed by atoms with van der Waals surface area (Å²) in [5, 5.41) is 31.3. The normalized spacial score (nSPS) is 24.5. The first kappa shape index (κ1) is 28.8. The summed E-state index contributed by atoms with van der Waals surface area (Å²) in [5.74, 6) is -3.19. The third-order valence-corrected chi connectivity index (χ3v) is 8.53. The average Bonchev–Trinajstić information content (AvgIpc) is 3.22. The van der Waals surface area contributed by atoms with Crippen molar-refractivity contribution in [2.75, 3.05) is 13.7 Å². The molecule has 4 atom stereocenters. The van der Waals surface area contributed by atoms with Crippen molar-refractivity contribution in [2.24, 2.45) is 17.8 Å². The molecular weight excluding hydrogens is 525 g/mol. The van der Waals surface area contributed by atoms with Gasteiger partial charge in [0.2, 0.25) is 11.8 Å². The van der Waals surface area contributed by atoms with Crippen LogP contribution in [-0.4, -0.2) is 65.0 Å². The van der Waals surface area contributed by atoms with E-state index in [1.807, 2.05) is 56.3 Å². The molecule has 2 heterocycles. The highest BCUT2D eigenvalue weighted by atomic mass is 16.5. The molecule has 0 saturated carbocycles. The summed E-state index contributed by atoms with van der Waals surface area (Å²) in [4.78, 5) is 39.2. The van der Waals surface area contributed by atoms with E-state index in [1.165, 1.54) is 0 Å². The van der Waals surface area contributed by atoms with Gasteiger partial charge in [-0.2, -0.15) is 4.90 Å². The number of allylic oxidation sites excluding steroid dienone is 1. The van der Waals surface area contributed by atoms with Crippen molar-refractivity contribution in [3.63, 3.8) is 0 Å². The third kappa shape index (κ3) is 5.35. The number of methoxy groups -OCH3 is 1. The number of fused-ring (bicyclic) bond motifs is 3. The van der Waals surface area contributed by atoms with E-state index in [0.717, 1.165) is 40.5 Å². The Morgan fingerprint density at radius 3 is 2.44 bits per heavy atom. The quantitative estimate of drug-likeness (QED) is 0.210. The van der Waals surface area contributed by atoms with Gasteiger partial charge in [-0.15, -0.1) is 0 Å². The Hall–Kier alpha value is -3.73. The van der Waals surface area contributed by atoms with Gasteiger partial charge in [0.05, 0.1) is 31.7 Å². The van der Waals surface area contributed by atoms with Crippen LogP contribution in [0.4, 0.5) is 4.79 Å². The lowest BCUT2D eigenvalue weighted by atomic mass is 9.58. The molecule has 2 saturated heterocycles. The molecular formula is C31H34BNO8. The van der Waals surface area contributed by atoms with Crippen molar-refractivity contribution < 1.29 is 39.0 Å². The molecule has 0 unspecified atom stereocenters. The molecule has 0 bridgehead atoms. The number of imide groups is 3. The molecule has 3 aliphatic rings. The number of aromatic hydroxyl groups is 1. The second kappa shape index (κ2) is 11.6. The number of likely N-dealkylation sites (tertiary alicyclic amines) is 1. The van der Waals surface area contributed by atoms with Gasteiger partial charge in [-0.1, -0.05) is 36.4 Å². The van der Waals surface area contributed by atoms with Crippen LogP contribution in [0.1, 0.15) is 41.5 Å². The molecule has 2 aromatic rings. The molecule has 2 fully saturated rings. The van der Waals surface area contributed by atoms with Gasteiger partial charge in [0, 0.05) is 0 Å². The number of aliphatic hydroxyl groups excluding tert-OH is 1. The van der Waals surface area contributed by atoms with Crippen LogP contribution < -0.4 is 0 Å². The predicted molar refractivity (Wildman–Crippen MR) is 152 cm³/mol. The van der Waals surface area contributed by atoms with Gasteiger partial charge < -0.3 is 24.6 Å². The summed E-state index contributed by atoms with van der Waals surface area (Å²) in [6.07, 6.45) is 1.65. The number of aryl methyl sites for hydroxylation is 2. The SMILES string of the molecule is COC(=O)N1C(=O)[C@@H]2[C@@H](CC(CO)=C3[C@@H](CC/C(=C/c4cc(C)c(O)c(C)c4)c4ccccc4)OB(O)C[C@@H]32)C1=O. The number of hydrogen-bond acceptors (Lipinski definition) is 8. The number of carbonyl (C=O) groups is 3.